The molecule has 1 saturated heterocycles. The van der Waals surface area contributed by atoms with Crippen LogP contribution in [0.5, 0.6) is 0 Å². The Labute approximate surface area is 172 Å². The highest BCUT2D eigenvalue weighted by Gasteiger charge is 2.31. The van der Waals surface area contributed by atoms with E-state index in [9.17, 15) is 4.79 Å². The summed E-state index contributed by atoms with van der Waals surface area (Å²) in [7, 11) is 1.91. The van der Waals surface area contributed by atoms with E-state index < -0.39 is 0 Å². The number of nitrogens with one attached hydrogen (secondary N) is 1. The molecular weight excluding hydrogens is 360 g/mol. The third-order valence-corrected chi connectivity index (χ3v) is 5.93. The van der Waals surface area contributed by atoms with Gasteiger partial charge in [0.25, 0.3) is 0 Å². The third kappa shape index (κ3) is 4.40. The molecule has 2 atom stereocenters. The molecular formula is C24H28N4O. The molecule has 1 fully saturated rings. The van der Waals surface area contributed by atoms with Gasteiger partial charge in [-0.15, -0.1) is 0 Å². The Hall–Kier alpha value is -2.92. The maximum Gasteiger partial charge on any atom is 0.321 e. The summed E-state index contributed by atoms with van der Waals surface area (Å²) in [6.07, 6.45) is 4.56. The first-order chi connectivity index (χ1) is 14.1. The van der Waals surface area contributed by atoms with E-state index in [0.29, 0.717) is 5.92 Å². The lowest BCUT2D eigenvalue weighted by Gasteiger charge is -2.41. The maximum atomic E-state index is 13.0. The molecule has 2 aromatic carbocycles. The van der Waals surface area contributed by atoms with E-state index in [1.54, 1.807) is 6.20 Å². The van der Waals surface area contributed by atoms with Crippen molar-refractivity contribution in [3.8, 4) is 0 Å². The molecule has 0 radical (unpaired) electrons. The minimum atomic E-state index is -0.0531. The minimum absolute atomic E-state index is 0.0531. The minimum Gasteiger partial charge on any atom is -0.324 e. The first kappa shape index (κ1) is 19.4. The molecule has 5 heteroatoms. The number of hydrogen-bond acceptors (Lipinski definition) is 3. The van der Waals surface area contributed by atoms with Crippen LogP contribution in [0.3, 0.4) is 0 Å². The molecule has 1 aromatic heterocycles. The van der Waals surface area contributed by atoms with Crippen molar-refractivity contribution < 1.29 is 4.79 Å². The lowest BCUT2D eigenvalue weighted by atomic mass is 9.92. The van der Waals surface area contributed by atoms with Crippen LogP contribution in [0.1, 0.15) is 18.9 Å². The molecule has 0 saturated carbocycles. The predicted octanol–water partition coefficient (Wildman–Crippen LogP) is 4.61. The number of anilines is 1. The fourth-order valence-electron chi connectivity index (χ4n) is 4.37. The Morgan fingerprint density at radius 3 is 2.79 bits per heavy atom. The van der Waals surface area contributed by atoms with Gasteiger partial charge >= 0.3 is 6.03 Å². The molecule has 2 amide bonds. The number of hydrogen-bond donors (Lipinski definition) is 1. The van der Waals surface area contributed by atoms with Crippen LogP contribution in [0, 0.1) is 5.92 Å². The molecule has 3 aromatic rings. The fraction of sp³-hybridized carbons (Fsp3) is 0.333. The van der Waals surface area contributed by atoms with Crippen LogP contribution in [0.15, 0.2) is 67.0 Å². The molecule has 0 unspecified atom stereocenters. The Kier molecular flexibility index (Phi) is 5.76. The number of fused-ring (bicyclic) bond motifs is 1. The topological polar surface area (TPSA) is 48.5 Å². The number of likely N-dealkylation sites (tertiary alicyclic amines) is 1. The summed E-state index contributed by atoms with van der Waals surface area (Å²) >= 11 is 0. The van der Waals surface area contributed by atoms with Crippen molar-refractivity contribution in [2.24, 2.45) is 5.92 Å². The first-order valence-electron chi connectivity index (χ1n) is 10.2. The van der Waals surface area contributed by atoms with Gasteiger partial charge in [0.1, 0.15) is 0 Å². The van der Waals surface area contributed by atoms with Crippen molar-refractivity contribution in [1.29, 1.82) is 0 Å². The monoisotopic (exact) mass is 388 g/mol. The normalized spacial score (nSPS) is 19.8. The van der Waals surface area contributed by atoms with Gasteiger partial charge in [0, 0.05) is 55.9 Å². The number of carbonyl (C=O) groups excluding carboxylic acids is 1. The molecule has 0 aliphatic carbocycles. The van der Waals surface area contributed by atoms with E-state index in [1.807, 2.05) is 42.4 Å². The number of rotatable bonds is 4. The van der Waals surface area contributed by atoms with E-state index in [1.165, 1.54) is 5.56 Å². The zero-order valence-corrected chi connectivity index (χ0v) is 17.1. The quantitative estimate of drug-likeness (QED) is 0.710. The summed E-state index contributed by atoms with van der Waals surface area (Å²) in [5, 5.41) is 5.13. The Bertz CT molecular complexity index is 970. The van der Waals surface area contributed by atoms with E-state index in [4.69, 9.17) is 0 Å². The van der Waals surface area contributed by atoms with Crippen molar-refractivity contribution in [2.45, 2.75) is 25.9 Å². The standard InChI is InChI=1S/C24H28N4O/c1-18-16-28(17-19-7-4-3-5-8-19)14-12-23(18)27(2)24(29)26-22-10-6-9-20-15-25-13-11-21(20)22/h3-11,13,15,18,23H,12,14,16-17H2,1-2H3,(H,26,29)/t18-,23-/m1/s1. The number of nitrogens with zero attached hydrogens (tertiary/aromatic N) is 3. The van der Waals surface area contributed by atoms with Gasteiger partial charge in [0.15, 0.2) is 0 Å². The van der Waals surface area contributed by atoms with Gasteiger partial charge in [-0.25, -0.2) is 4.79 Å². The van der Waals surface area contributed by atoms with Crippen LogP contribution in [0.2, 0.25) is 0 Å². The molecule has 0 spiro atoms. The molecule has 4 rings (SSSR count). The molecule has 5 nitrogen and oxygen atoms in total. The zero-order chi connectivity index (χ0) is 20.2. The number of urea groups is 1. The van der Waals surface area contributed by atoms with Gasteiger partial charge in [-0.3, -0.25) is 9.88 Å². The zero-order valence-electron chi connectivity index (χ0n) is 17.1. The average Bonchev–Trinajstić information content (AvgIpc) is 2.74. The highest BCUT2D eigenvalue weighted by molar-refractivity contribution is 6.01. The Morgan fingerprint density at radius 1 is 1.17 bits per heavy atom. The lowest BCUT2D eigenvalue weighted by molar-refractivity contribution is 0.0933. The molecule has 1 N–H and O–H groups in total. The van der Waals surface area contributed by atoms with E-state index in [0.717, 1.165) is 42.5 Å². The summed E-state index contributed by atoms with van der Waals surface area (Å²) in [4.78, 5) is 21.5. The number of pyridine rings is 1. The maximum absolute atomic E-state index is 13.0. The van der Waals surface area contributed by atoms with Crippen LogP contribution >= 0.6 is 0 Å². The van der Waals surface area contributed by atoms with Crippen LogP contribution in [0.4, 0.5) is 10.5 Å². The molecule has 29 heavy (non-hydrogen) atoms. The van der Waals surface area contributed by atoms with Crippen molar-refractivity contribution in [1.82, 2.24) is 14.8 Å². The van der Waals surface area contributed by atoms with Crippen molar-refractivity contribution >= 4 is 22.5 Å². The second kappa shape index (κ2) is 8.62. The highest BCUT2D eigenvalue weighted by atomic mass is 16.2. The van der Waals surface area contributed by atoms with Gasteiger partial charge in [0.05, 0.1) is 5.69 Å². The van der Waals surface area contributed by atoms with Gasteiger partial charge in [-0.05, 0) is 30.0 Å². The Morgan fingerprint density at radius 2 is 2.00 bits per heavy atom. The van der Waals surface area contributed by atoms with Crippen molar-refractivity contribution in [3.05, 3.63) is 72.6 Å². The summed E-state index contributed by atoms with van der Waals surface area (Å²) in [5.74, 6) is 0.417. The van der Waals surface area contributed by atoms with E-state index in [-0.39, 0.29) is 12.1 Å². The summed E-state index contributed by atoms with van der Waals surface area (Å²) in [6, 6.07) is 18.6. The van der Waals surface area contributed by atoms with Crippen molar-refractivity contribution in [2.75, 3.05) is 25.5 Å². The number of benzene rings is 2. The molecule has 150 valence electrons. The third-order valence-electron chi connectivity index (χ3n) is 5.93. The predicted molar refractivity (Wildman–Crippen MR) is 118 cm³/mol. The van der Waals surface area contributed by atoms with Crippen LogP contribution in [-0.4, -0.2) is 47.0 Å². The smallest absolute Gasteiger partial charge is 0.321 e. The summed E-state index contributed by atoms with van der Waals surface area (Å²) < 4.78 is 0. The van der Waals surface area contributed by atoms with Gasteiger partial charge in [0.2, 0.25) is 0 Å². The molecule has 1 aliphatic rings. The largest absolute Gasteiger partial charge is 0.324 e. The molecule has 0 bridgehead atoms. The van der Waals surface area contributed by atoms with E-state index >= 15 is 0 Å². The number of carbonyl (C=O) groups is 1. The van der Waals surface area contributed by atoms with Gasteiger partial charge in [-0.2, -0.15) is 0 Å². The van der Waals surface area contributed by atoms with Gasteiger partial charge < -0.3 is 10.2 Å². The van der Waals surface area contributed by atoms with Gasteiger partial charge in [-0.1, -0.05) is 49.4 Å². The first-order valence-corrected chi connectivity index (χ1v) is 10.2. The second-order valence-electron chi connectivity index (χ2n) is 8.00. The summed E-state index contributed by atoms with van der Waals surface area (Å²) in [6.45, 7) is 5.21. The highest BCUT2D eigenvalue weighted by Crippen LogP contribution is 2.25. The lowest BCUT2D eigenvalue weighted by Crippen LogP contribution is -2.51. The Balaban J connectivity index is 1.39. The summed E-state index contributed by atoms with van der Waals surface area (Å²) in [5.41, 5.74) is 2.17. The second-order valence-corrected chi connectivity index (χ2v) is 8.00. The van der Waals surface area contributed by atoms with Crippen LogP contribution in [-0.2, 0) is 6.54 Å². The SMILES string of the molecule is C[C@@H]1CN(Cc2ccccc2)CC[C@H]1N(C)C(=O)Nc1cccc2cnccc12. The van der Waals surface area contributed by atoms with Crippen LogP contribution in [0.25, 0.3) is 10.8 Å². The molecule has 2 heterocycles. The number of piperidine rings is 1. The average molecular weight is 389 g/mol. The van der Waals surface area contributed by atoms with Crippen molar-refractivity contribution in [3.63, 3.8) is 0 Å². The van der Waals surface area contributed by atoms with Crippen LogP contribution < -0.4 is 5.32 Å². The molecule has 1 aliphatic heterocycles. The fourth-order valence-corrected chi connectivity index (χ4v) is 4.37. The number of amides is 2. The number of aromatic nitrogens is 1. The van der Waals surface area contributed by atoms with E-state index in [2.05, 4.69) is 52.5 Å².